The van der Waals surface area contributed by atoms with Crippen LogP contribution in [0.1, 0.15) is 28.8 Å². The summed E-state index contributed by atoms with van der Waals surface area (Å²) in [6.45, 7) is 5.38. The van der Waals surface area contributed by atoms with Crippen molar-refractivity contribution in [2.75, 3.05) is 20.2 Å². The molecule has 1 amide bonds. The van der Waals surface area contributed by atoms with Crippen molar-refractivity contribution in [3.05, 3.63) is 42.3 Å². The van der Waals surface area contributed by atoms with Crippen molar-refractivity contribution in [1.29, 1.82) is 0 Å². The second-order valence-corrected chi connectivity index (χ2v) is 4.42. The number of carbonyl (C=O) groups excluding carboxylic acids is 1. The first kappa shape index (κ1) is 12.1. The molecule has 3 nitrogen and oxygen atoms in total. The van der Waals surface area contributed by atoms with E-state index in [0.29, 0.717) is 6.10 Å². The van der Waals surface area contributed by atoms with Crippen LogP contribution in [-0.2, 0) is 4.74 Å². The van der Waals surface area contributed by atoms with E-state index in [0.717, 1.165) is 37.1 Å². The number of hydrogen-bond acceptors (Lipinski definition) is 2. The van der Waals surface area contributed by atoms with E-state index in [1.807, 2.05) is 29.2 Å². The molecule has 0 saturated carbocycles. The van der Waals surface area contributed by atoms with Crippen molar-refractivity contribution >= 4 is 5.91 Å². The molecule has 17 heavy (non-hydrogen) atoms. The van der Waals surface area contributed by atoms with Gasteiger partial charge in [0, 0.05) is 25.8 Å². The summed E-state index contributed by atoms with van der Waals surface area (Å²) < 4.78 is 5.29. The van der Waals surface area contributed by atoms with Gasteiger partial charge in [0.1, 0.15) is 0 Å². The van der Waals surface area contributed by atoms with E-state index in [1.54, 1.807) is 7.11 Å². The molecule has 1 aromatic rings. The number of methoxy groups -OCH3 is 1. The molecule has 0 aromatic heterocycles. The molecule has 1 aliphatic rings. The Morgan fingerprint density at radius 3 is 2.41 bits per heavy atom. The van der Waals surface area contributed by atoms with E-state index >= 15 is 0 Å². The maximum Gasteiger partial charge on any atom is 0.253 e. The van der Waals surface area contributed by atoms with Gasteiger partial charge < -0.3 is 9.64 Å². The molecule has 1 radical (unpaired) electrons. The van der Waals surface area contributed by atoms with Gasteiger partial charge in [-0.05, 0) is 37.5 Å². The summed E-state index contributed by atoms with van der Waals surface area (Å²) in [6, 6.07) is 7.42. The smallest absolute Gasteiger partial charge is 0.253 e. The molecule has 3 heteroatoms. The fraction of sp³-hybridized carbons (Fsp3) is 0.429. The number of rotatable bonds is 2. The Bertz CT molecular complexity index is 378. The topological polar surface area (TPSA) is 29.5 Å². The lowest BCUT2D eigenvalue weighted by molar-refractivity contribution is 0.0351. The Labute approximate surface area is 102 Å². The Hall–Kier alpha value is -1.35. The van der Waals surface area contributed by atoms with Crippen molar-refractivity contribution in [3.63, 3.8) is 0 Å². The van der Waals surface area contributed by atoms with Gasteiger partial charge >= 0.3 is 0 Å². The highest BCUT2D eigenvalue weighted by molar-refractivity contribution is 5.94. The number of carbonyl (C=O) groups is 1. The lowest BCUT2D eigenvalue weighted by atomic mass is 10.1. The van der Waals surface area contributed by atoms with Crippen LogP contribution in [0.15, 0.2) is 24.3 Å². The molecule has 0 N–H and O–H groups in total. The second-order valence-electron chi connectivity index (χ2n) is 4.42. The van der Waals surface area contributed by atoms with Gasteiger partial charge in [0.2, 0.25) is 0 Å². The summed E-state index contributed by atoms with van der Waals surface area (Å²) in [7, 11) is 1.73. The van der Waals surface area contributed by atoms with Crippen molar-refractivity contribution in [1.82, 2.24) is 4.90 Å². The van der Waals surface area contributed by atoms with Gasteiger partial charge in [0.25, 0.3) is 5.91 Å². The predicted octanol–water partition coefficient (Wildman–Crippen LogP) is 2.12. The first-order valence-electron chi connectivity index (χ1n) is 5.95. The highest BCUT2D eigenvalue weighted by Gasteiger charge is 2.23. The van der Waals surface area contributed by atoms with E-state index in [4.69, 9.17) is 4.74 Å². The van der Waals surface area contributed by atoms with Crippen LogP contribution in [0, 0.1) is 6.92 Å². The number of nitrogens with zero attached hydrogens (tertiary/aromatic N) is 1. The molecule has 0 spiro atoms. The molecule has 1 saturated heterocycles. The monoisotopic (exact) mass is 232 g/mol. The SMILES string of the molecule is [CH2]c1ccc(C(=O)N2CCC(OC)CC2)cc1. The summed E-state index contributed by atoms with van der Waals surface area (Å²) in [5, 5.41) is 0. The summed E-state index contributed by atoms with van der Waals surface area (Å²) in [5.41, 5.74) is 1.67. The molecular formula is C14H18NO2. The second kappa shape index (κ2) is 5.32. The summed E-state index contributed by atoms with van der Waals surface area (Å²) in [4.78, 5) is 14.1. The Balaban J connectivity index is 1.99. The minimum absolute atomic E-state index is 0.111. The number of hydrogen-bond donors (Lipinski definition) is 0. The fourth-order valence-corrected chi connectivity index (χ4v) is 2.12. The maximum absolute atomic E-state index is 12.2. The van der Waals surface area contributed by atoms with Crippen molar-refractivity contribution < 1.29 is 9.53 Å². The van der Waals surface area contributed by atoms with Gasteiger partial charge in [-0.3, -0.25) is 4.79 Å². The number of likely N-dealkylation sites (tertiary alicyclic amines) is 1. The van der Waals surface area contributed by atoms with Crippen molar-refractivity contribution in [2.45, 2.75) is 18.9 Å². The summed E-state index contributed by atoms with van der Waals surface area (Å²) >= 11 is 0. The van der Waals surface area contributed by atoms with Crippen molar-refractivity contribution in [3.8, 4) is 0 Å². The molecular weight excluding hydrogens is 214 g/mol. The molecule has 1 fully saturated rings. The average Bonchev–Trinajstić information content (AvgIpc) is 2.39. The molecule has 1 heterocycles. The molecule has 0 atom stereocenters. The third-order valence-electron chi connectivity index (χ3n) is 3.26. The minimum atomic E-state index is 0.111. The Kier molecular flexibility index (Phi) is 3.79. The largest absolute Gasteiger partial charge is 0.381 e. The van der Waals surface area contributed by atoms with Crippen LogP contribution in [0.5, 0.6) is 0 Å². The van der Waals surface area contributed by atoms with Crippen LogP contribution in [0.3, 0.4) is 0 Å². The third kappa shape index (κ3) is 2.86. The molecule has 91 valence electrons. The third-order valence-corrected chi connectivity index (χ3v) is 3.26. The van der Waals surface area contributed by atoms with E-state index in [2.05, 4.69) is 6.92 Å². The van der Waals surface area contributed by atoms with E-state index in [-0.39, 0.29) is 5.91 Å². The van der Waals surface area contributed by atoms with Gasteiger partial charge in [-0.25, -0.2) is 0 Å². The van der Waals surface area contributed by atoms with Gasteiger partial charge in [-0.1, -0.05) is 12.1 Å². The van der Waals surface area contributed by atoms with Crippen LogP contribution in [-0.4, -0.2) is 37.1 Å². The lowest BCUT2D eigenvalue weighted by Gasteiger charge is -2.31. The Morgan fingerprint density at radius 2 is 1.88 bits per heavy atom. The number of ether oxygens (including phenoxy) is 1. The zero-order chi connectivity index (χ0) is 12.3. The van der Waals surface area contributed by atoms with Crippen LogP contribution >= 0.6 is 0 Å². The number of benzene rings is 1. The van der Waals surface area contributed by atoms with Crippen LogP contribution in [0.25, 0.3) is 0 Å². The van der Waals surface area contributed by atoms with E-state index < -0.39 is 0 Å². The number of piperidine rings is 1. The molecule has 0 unspecified atom stereocenters. The fourth-order valence-electron chi connectivity index (χ4n) is 2.12. The molecule has 0 bridgehead atoms. The van der Waals surface area contributed by atoms with Crippen LogP contribution < -0.4 is 0 Å². The van der Waals surface area contributed by atoms with E-state index in [9.17, 15) is 4.79 Å². The maximum atomic E-state index is 12.2. The number of amides is 1. The average molecular weight is 232 g/mol. The highest BCUT2D eigenvalue weighted by Crippen LogP contribution is 2.16. The first-order chi connectivity index (χ1) is 8.20. The van der Waals surface area contributed by atoms with Gasteiger partial charge in [0.15, 0.2) is 0 Å². The van der Waals surface area contributed by atoms with Gasteiger partial charge in [-0.15, -0.1) is 0 Å². The molecule has 0 aliphatic carbocycles. The van der Waals surface area contributed by atoms with Crippen LogP contribution in [0.2, 0.25) is 0 Å². The molecule has 1 aliphatic heterocycles. The Morgan fingerprint density at radius 1 is 1.29 bits per heavy atom. The lowest BCUT2D eigenvalue weighted by Crippen LogP contribution is -2.40. The zero-order valence-electron chi connectivity index (χ0n) is 10.2. The zero-order valence-corrected chi connectivity index (χ0v) is 10.2. The standard InChI is InChI=1S/C14H18NO2/c1-11-3-5-12(6-4-11)14(16)15-9-7-13(17-2)8-10-15/h3-6,13H,1,7-10H2,2H3. The highest BCUT2D eigenvalue weighted by atomic mass is 16.5. The molecule has 2 rings (SSSR count). The summed E-state index contributed by atoms with van der Waals surface area (Å²) in [5.74, 6) is 0.111. The minimum Gasteiger partial charge on any atom is -0.381 e. The molecule has 1 aromatic carbocycles. The van der Waals surface area contributed by atoms with Crippen molar-refractivity contribution in [2.24, 2.45) is 0 Å². The van der Waals surface area contributed by atoms with Crippen LogP contribution in [0.4, 0.5) is 0 Å². The normalized spacial score (nSPS) is 17.2. The quantitative estimate of drug-likeness (QED) is 0.781. The summed E-state index contributed by atoms with van der Waals surface area (Å²) in [6.07, 6.45) is 2.16. The van der Waals surface area contributed by atoms with Gasteiger partial charge in [0.05, 0.1) is 6.10 Å². The first-order valence-corrected chi connectivity index (χ1v) is 5.95. The van der Waals surface area contributed by atoms with E-state index in [1.165, 1.54) is 0 Å². The van der Waals surface area contributed by atoms with Gasteiger partial charge in [-0.2, -0.15) is 0 Å². The predicted molar refractivity (Wildman–Crippen MR) is 66.8 cm³/mol.